The molecule has 5 heteroatoms. The SMILES string of the molecule is NNC(c1ccco1)C1CCOC2(CCOCC2)C1. The molecule has 3 N–H and O–H groups in total. The number of ether oxygens (including phenoxy) is 2. The number of nitrogens with one attached hydrogen (secondary N) is 1. The summed E-state index contributed by atoms with van der Waals surface area (Å²) in [6, 6.07) is 3.96. The summed E-state index contributed by atoms with van der Waals surface area (Å²) in [6.45, 7) is 2.39. The Bertz CT molecular complexity index is 382. The molecule has 5 nitrogen and oxygen atoms in total. The quantitative estimate of drug-likeness (QED) is 0.644. The second kappa shape index (κ2) is 5.63. The zero-order chi connectivity index (χ0) is 13.1. The van der Waals surface area contributed by atoms with Gasteiger partial charge in [-0.05, 0) is 43.7 Å². The molecule has 0 saturated carbocycles. The van der Waals surface area contributed by atoms with Gasteiger partial charge in [0.1, 0.15) is 5.76 Å². The van der Waals surface area contributed by atoms with E-state index in [1.54, 1.807) is 6.26 Å². The molecule has 1 spiro atoms. The summed E-state index contributed by atoms with van der Waals surface area (Å²) in [5.74, 6) is 7.10. The van der Waals surface area contributed by atoms with Crippen LogP contribution in [0, 0.1) is 5.92 Å². The lowest BCUT2D eigenvalue weighted by Gasteiger charge is -2.44. The van der Waals surface area contributed by atoms with Crippen LogP contribution in [-0.2, 0) is 9.47 Å². The fourth-order valence-electron chi connectivity index (χ4n) is 3.36. The molecule has 0 aromatic carbocycles. The molecule has 0 amide bonds. The van der Waals surface area contributed by atoms with Gasteiger partial charge in [-0.2, -0.15) is 0 Å². The van der Waals surface area contributed by atoms with Gasteiger partial charge >= 0.3 is 0 Å². The highest BCUT2D eigenvalue weighted by molar-refractivity contribution is 5.07. The average molecular weight is 266 g/mol. The molecular formula is C14H22N2O3. The van der Waals surface area contributed by atoms with Crippen LogP contribution in [0.25, 0.3) is 0 Å². The Hall–Kier alpha value is -0.880. The summed E-state index contributed by atoms with van der Waals surface area (Å²) < 4.78 is 17.0. The Morgan fingerprint density at radius 2 is 2.16 bits per heavy atom. The Labute approximate surface area is 113 Å². The first-order valence-corrected chi connectivity index (χ1v) is 7.04. The van der Waals surface area contributed by atoms with Crippen LogP contribution in [0.1, 0.15) is 37.5 Å². The maximum absolute atomic E-state index is 6.07. The molecule has 2 atom stereocenters. The van der Waals surface area contributed by atoms with Gasteiger partial charge in [0.05, 0.1) is 17.9 Å². The second-order valence-electron chi connectivity index (χ2n) is 5.56. The Morgan fingerprint density at radius 1 is 1.32 bits per heavy atom. The van der Waals surface area contributed by atoms with E-state index in [0.29, 0.717) is 5.92 Å². The van der Waals surface area contributed by atoms with Crippen molar-refractivity contribution < 1.29 is 13.9 Å². The van der Waals surface area contributed by atoms with Gasteiger partial charge in [-0.1, -0.05) is 0 Å². The van der Waals surface area contributed by atoms with Gasteiger partial charge in [-0.25, -0.2) is 5.43 Å². The standard InChI is InChI=1S/C14H22N2O3/c15-16-13(12-2-1-6-18-12)11-3-7-19-14(10-11)4-8-17-9-5-14/h1-2,6,11,13,16H,3-5,7-10,15H2. The van der Waals surface area contributed by atoms with E-state index < -0.39 is 0 Å². The third kappa shape index (κ3) is 2.69. The molecule has 19 heavy (non-hydrogen) atoms. The number of hydrogen-bond acceptors (Lipinski definition) is 5. The smallest absolute Gasteiger partial charge is 0.122 e. The van der Waals surface area contributed by atoms with Crippen LogP contribution in [0.15, 0.2) is 22.8 Å². The van der Waals surface area contributed by atoms with Gasteiger partial charge in [0, 0.05) is 19.8 Å². The van der Waals surface area contributed by atoms with Crippen molar-refractivity contribution in [3.63, 3.8) is 0 Å². The molecule has 2 fully saturated rings. The number of furan rings is 1. The first kappa shape index (κ1) is 13.1. The molecule has 0 bridgehead atoms. The van der Waals surface area contributed by atoms with Crippen LogP contribution < -0.4 is 11.3 Å². The molecule has 3 heterocycles. The summed E-state index contributed by atoms with van der Waals surface area (Å²) >= 11 is 0. The number of hydrogen-bond donors (Lipinski definition) is 2. The molecular weight excluding hydrogens is 244 g/mol. The normalized spacial score (nSPS) is 28.4. The van der Waals surface area contributed by atoms with Crippen molar-refractivity contribution >= 4 is 0 Å². The van der Waals surface area contributed by atoms with Crippen molar-refractivity contribution in [2.24, 2.45) is 11.8 Å². The van der Waals surface area contributed by atoms with Gasteiger partial charge < -0.3 is 13.9 Å². The van der Waals surface area contributed by atoms with Crippen LogP contribution in [0.3, 0.4) is 0 Å². The minimum absolute atomic E-state index is 0.0111. The van der Waals surface area contributed by atoms with Gasteiger partial charge in [0.2, 0.25) is 0 Å². The van der Waals surface area contributed by atoms with Crippen LogP contribution in [0.4, 0.5) is 0 Å². The molecule has 106 valence electrons. The Kier molecular flexibility index (Phi) is 3.88. The highest BCUT2D eigenvalue weighted by atomic mass is 16.5. The molecule has 2 saturated heterocycles. The van der Waals surface area contributed by atoms with Crippen LogP contribution >= 0.6 is 0 Å². The largest absolute Gasteiger partial charge is 0.468 e. The van der Waals surface area contributed by atoms with E-state index in [0.717, 1.165) is 51.3 Å². The van der Waals surface area contributed by atoms with Crippen molar-refractivity contribution in [3.8, 4) is 0 Å². The molecule has 0 radical (unpaired) electrons. The fraction of sp³-hybridized carbons (Fsp3) is 0.714. The van der Waals surface area contributed by atoms with Crippen molar-refractivity contribution in [3.05, 3.63) is 24.2 Å². The van der Waals surface area contributed by atoms with Crippen molar-refractivity contribution in [2.75, 3.05) is 19.8 Å². The first-order valence-electron chi connectivity index (χ1n) is 7.04. The molecule has 3 rings (SSSR count). The zero-order valence-corrected chi connectivity index (χ0v) is 11.1. The van der Waals surface area contributed by atoms with E-state index in [-0.39, 0.29) is 11.6 Å². The van der Waals surface area contributed by atoms with Crippen LogP contribution in [-0.4, -0.2) is 25.4 Å². The molecule has 0 aliphatic carbocycles. The number of hydrazine groups is 1. The lowest BCUT2D eigenvalue weighted by atomic mass is 9.77. The summed E-state index contributed by atoms with van der Waals surface area (Å²) in [5, 5.41) is 0. The molecule has 1 aromatic rings. The number of rotatable bonds is 3. The van der Waals surface area contributed by atoms with Crippen molar-refractivity contribution in [1.29, 1.82) is 0 Å². The maximum Gasteiger partial charge on any atom is 0.122 e. The highest BCUT2D eigenvalue weighted by Crippen LogP contribution is 2.41. The zero-order valence-electron chi connectivity index (χ0n) is 11.1. The summed E-state index contributed by atoms with van der Waals surface area (Å²) in [7, 11) is 0. The number of nitrogens with two attached hydrogens (primary N) is 1. The van der Waals surface area contributed by atoms with E-state index in [2.05, 4.69) is 5.43 Å². The molecule has 1 aromatic heterocycles. The topological polar surface area (TPSA) is 69.7 Å². The highest BCUT2D eigenvalue weighted by Gasteiger charge is 2.41. The third-order valence-corrected chi connectivity index (χ3v) is 4.44. The van der Waals surface area contributed by atoms with Gasteiger partial charge in [0.15, 0.2) is 0 Å². The minimum Gasteiger partial charge on any atom is -0.468 e. The van der Waals surface area contributed by atoms with E-state index in [1.807, 2.05) is 12.1 Å². The minimum atomic E-state index is -0.0111. The lowest BCUT2D eigenvalue weighted by molar-refractivity contribution is -0.150. The van der Waals surface area contributed by atoms with Gasteiger partial charge in [0.25, 0.3) is 0 Å². The lowest BCUT2D eigenvalue weighted by Crippen LogP contribution is -2.47. The van der Waals surface area contributed by atoms with E-state index >= 15 is 0 Å². The first-order chi connectivity index (χ1) is 9.33. The summed E-state index contributed by atoms with van der Waals surface area (Å²) in [4.78, 5) is 0. The third-order valence-electron chi connectivity index (χ3n) is 4.44. The Balaban J connectivity index is 1.73. The fourth-order valence-corrected chi connectivity index (χ4v) is 3.36. The summed E-state index contributed by atoms with van der Waals surface area (Å²) in [5.41, 5.74) is 2.90. The average Bonchev–Trinajstić information content (AvgIpc) is 2.95. The summed E-state index contributed by atoms with van der Waals surface area (Å²) in [6.07, 6.45) is 5.70. The van der Waals surface area contributed by atoms with E-state index in [9.17, 15) is 0 Å². The predicted molar refractivity (Wildman–Crippen MR) is 70.2 cm³/mol. The van der Waals surface area contributed by atoms with E-state index in [1.165, 1.54) is 0 Å². The van der Waals surface area contributed by atoms with Crippen molar-refractivity contribution in [1.82, 2.24) is 5.43 Å². The monoisotopic (exact) mass is 266 g/mol. The van der Waals surface area contributed by atoms with Gasteiger partial charge in [-0.15, -0.1) is 0 Å². The van der Waals surface area contributed by atoms with Crippen molar-refractivity contribution in [2.45, 2.75) is 37.3 Å². The predicted octanol–water partition coefficient (Wildman–Crippen LogP) is 1.76. The Morgan fingerprint density at radius 3 is 2.84 bits per heavy atom. The van der Waals surface area contributed by atoms with E-state index in [4.69, 9.17) is 19.7 Å². The molecule has 2 unspecified atom stereocenters. The maximum atomic E-state index is 6.07. The molecule has 2 aliphatic heterocycles. The second-order valence-corrected chi connectivity index (χ2v) is 5.56. The van der Waals surface area contributed by atoms with Gasteiger partial charge in [-0.3, -0.25) is 5.84 Å². The molecule has 2 aliphatic rings. The van der Waals surface area contributed by atoms with Crippen LogP contribution in [0.2, 0.25) is 0 Å². The van der Waals surface area contributed by atoms with Crippen LogP contribution in [0.5, 0.6) is 0 Å².